The summed E-state index contributed by atoms with van der Waals surface area (Å²) in [5, 5.41) is 3.06. The fourth-order valence-electron chi connectivity index (χ4n) is 1.39. The molecule has 4 nitrogen and oxygen atoms in total. The number of hydrogen-bond donors (Lipinski definition) is 2. The lowest BCUT2D eigenvalue weighted by molar-refractivity contribution is 0.179. The van der Waals surface area contributed by atoms with Crippen LogP contribution in [0.4, 0.5) is 0 Å². The number of nitrogens with one attached hydrogen (secondary N) is 1. The van der Waals surface area contributed by atoms with Gasteiger partial charge in [0.1, 0.15) is 0 Å². The topological polar surface area (TPSA) is 59.6 Å². The zero-order valence-corrected chi connectivity index (χ0v) is 14.4. The van der Waals surface area contributed by atoms with E-state index in [0.29, 0.717) is 19.1 Å². The van der Waals surface area contributed by atoms with Crippen LogP contribution in [0, 0.1) is 0 Å². The zero-order chi connectivity index (χ0) is 12.7. The third kappa shape index (κ3) is 6.55. The third-order valence-corrected chi connectivity index (χ3v) is 2.96. The van der Waals surface area contributed by atoms with Crippen LogP contribution in [0.15, 0.2) is 33.7 Å². The van der Waals surface area contributed by atoms with Gasteiger partial charge >= 0.3 is 0 Å². The van der Waals surface area contributed by atoms with Gasteiger partial charge in [0.15, 0.2) is 5.96 Å². The molecule has 0 radical (unpaired) electrons. The fourth-order valence-corrected chi connectivity index (χ4v) is 1.80. The largest absolute Gasteiger partial charge is 0.383 e. The normalized spacial score (nSPS) is 12.7. The van der Waals surface area contributed by atoms with Crippen molar-refractivity contribution in [3.8, 4) is 0 Å². The number of nitrogens with two attached hydrogens (primary N) is 1. The van der Waals surface area contributed by atoms with Gasteiger partial charge in [-0.3, -0.25) is 0 Å². The Hall–Kier alpha value is -0.340. The Kier molecular flexibility index (Phi) is 9.39. The predicted octanol–water partition coefficient (Wildman–Crippen LogP) is 2.51. The summed E-state index contributed by atoms with van der Waals surface area (Å²) in [6, 6.07) is 8.11. The minimum atomic E-state index is 0. The molecule has 1 aromatic rings. The van der Waals surface area contributed by atoms with E-state index in [0.717, 1.165) is 10.0 Å². The summed E-state index contributed by atoms with van der Waals surface area (Å²) in [5.41, 5.74) is 6.88. The van der Waals surface area contributed by atoms with Gasteiger partial charge < -0.3 is 15.8 Å². The smallest absolute Gasteiger partial charge is 0.189 e. The highest BCUT2D eigenvalue weighted by molar-refractivity contribution is 14.0. The Morgan fingerprint density at radius 2 is 2.17 bits per heavy atom. The molecule has 6 heteroatoms. The lowest BCUT2D eigenvalue weighted by Gasteiger charge is -2.13. The maximum absolute atomic E-state index is 5.77. The van der Waals surface area contributed by atoms with Crippen molar-refractivity contribution in [1.29, 1.82) is 0 Å². The maximum atomic E-state index is 5.77. The summed E-state index contributed by atoms with van der Waals surface area (Å²) in [5.74, 6) is 0.435. The molecule has 0 bridgehead atoms. The van der Waals surface area contributed by atoms with E-state index >= 15 is 0 Å². The highest BCUT2D eigenvalue weighted by atomic mass is 127. The molecule has 18 heavy (non-hydrogen) atoms. The number of nitrogens with zero attached hydrogens (tertiary/aromatic N) is 1. The highest BCUT2D eigenvalue weighted by Gasteiger charge is 2.02. The van der Waals surface area contributed by atoms with Gasteiger partial charge in [-0.2, -0.15) is 0 Å². The van der Waals surface area contributed by atoms with Crippen LogP contribution >= 0.6 is 39.9 Å². The second-order valence-electron chi connectivity index (χ2n) is 3.79. The molecule has 1 unspecified atom stereocenters. The molecule has 0 saturated carbocycles. The van der Waals surface area contributed by atoms with Crippen molar-refractivity contribution in [3.05, 3.63) is 34.3 Å². The fraction of sp³-hybridized carbons (Fsp3) is 0.417. The van der Waals surface area contributed by atoms with Crippen molar-refractivity contribution in [2.24, 2.45) is 10.7 Å². The van der Waals surface area contributed by atoms with E-state index in [1.807, 2.05) is 31.2 Å². The summed E-state index contributed by atoms with van der Waals surface area (Å²) in [7, 11) is 1.66. The van der Waals surface area contributed by atoms with Gasteiger partial charge in [0.05, 0.1) is 13.2 Å². The number of ether oxygens (including phenoxy) is 1. The molecule has 1 aromatic carbocycles. The summed E-state index contributed by atoms with van der Waals surface area (Å²) >= 11 is 3.47. The zero-order valence-electron chi connectivity index (χ0n) is 10.5. The molecule has 0 aliphatic heterocycles. The number of methoxy groups -OCH3 is 1. The molecule has 0 fully saturated rings. The molecule has 0 aliphatic carbocycles. The number of hydrogen-bond acceptors (Lipinski definition) is 2. The first-order valence-corrected chi connectivity index (χ1v) is 6.21. The van der Waals surface area contributed by atoms with Crippen molar-refractivity contribution in [2.75, 3.05) is 13.7 Å². The number of halogens is 2. The lowest BCUT2D eigenvalue weighted by Crippen LogP contribution is -2.40. The first-order chi connectivity index (χ1) is 8.13. The van der Waals surface area contributed by atoms with Crippen molar-refractivity contribution in [3.63, 3.8) is 0 Å². The molecule has 0 saturated heterocycles. The molecule has 3 N–H and O–H groups in total. The van der Waals surface area contributed by atoms with Crippen molar-refractivity contribution in [1.82, 2.24) is 5.32 Å². The predicted molar refractivity (Wildman–Crippen MR) is 89.4 cm³/mol. The average Bonchev–Trinajstić information content (AvgIpc) is 2.28. The number of benzene rings is 1. The van der Waals surface area contributed by atoms with E-state index in [1.54, 1.807) is 7.11 Å². The van der Waals surface area contributed by atoms with Crippen molar-refractivity contribution in [2.45, 2.75) is 19.5 Å². The van der Waals surface area contributed by atoms with E-state index in [1.165, 1.54) is 0 Å². The molecular weight excluding hydrogens is 409 g/mol. The average molecular weight is 428 g/mol. The second kappa shape index (κ2) is 9.57. The van der Waals surface area contributed by atoms with Gasteiger partial charge in [-0.1, -0.05) is 34.1 Å². The van der Waals surface area contributed by atoms with E-state index in [-0.39, 0.29) is 30.0 Å². The van der Waals surface area contributed by atoms with Crippen LogP contribution in [0.25, 0.3) is 0 Å². The van der Waals surface area contributed by atoms with E-state index in [4.69, 9.17) is 10.5 Å². The van der Waals surface area contributed by atoms with E-state index in [9.17, 15) is 0 Å². The van der Waals surface area contributed by atoms with E-state index < -0.39 is 0 Å². The first kappa shape index (κ1) is 17.7. The van der Waals surface area contributed by atoms with Crippen LogP contribution in [0.2, 0.25) is 0 Å². The van der Waals surface area contributed by atoms with Gasteiger partial charge in [0.25, 0.3) is 0 Å². The van der Waals surface area contributed by atoms with Gasteiger partial charge in [0, 0.05) is 17.6 Å². The Morgan fingerprint density at radius 3 is 2.78 bits per heavy atom. The Morgan fingerprint density at radius 1 is 1.50 bits per heavy atom. The molecular formula is C12H19BrIN3O. The van der Waals surface area contributed by atoms with Crippen LogP contribution in [-0.4, -0.2) is 25.7 Å². The first-order valence-electron chi connectivity index (χ1n) is 5.42. The molecule has 0 heterocycles. The van der Waals surface area contributed by atoms with E-state index in [2.05, 4.69) is 26.2 Å². The molecule has 0 aliphatic rings. The van der Waals surface area contributed by atoms with Crippen LogP contribution < -0.4 is 11.1 Å². The van der Waals surface area contributed by atoms with Gasteiger partial charge in [-0.05, 0) is 18.6 Å². The molecule has 0 spiro atoms. The standard InChI is InChI=1S/C12H18BrN3O.HI/c1-9(8-17-2)16-12(14)15-7-10-5-3-4-6-11(10)13;/h3-6,9H,7-8H2,1-2H3,(H3,14,15,16);1H. The second-order valence-corrected chi connectivity index (χ2v) is 4.65. The number of guanidine groups is 1. The monoisotopic (exact) mass is 427 g/mol. The summed E-state index contributed by atoms with van der Waals surface area (Å²) in [6.45, 7) is 3.15. The summed E-state index contributed by atoms with van der Waals surface area (Å²) in [4.78, 5) is 4.28. The van der Waals surface area contributed by atoms with Crippen LogP contribution in [0.5, 0.6) is 0 Å². The molecule has 0 amide bonds. The molecule has 1 atom stereocenters. The van der Waals surface area contributed by atoms with Gasteiger partial charge in [0.2, 0.25) is 0 Å². The Bertz CT molecular complexity index is 387. The van der Waals surface area contributed by atoms with Crippen LogP contribution in [0.3, 0.4) is 0 Å². The SMILES string of the molecule is COCC(C)NC(N)=NCc1ccccc1Br.I. The minimum Gasteiger partial charge on any atom is -0.383 e. The van der Waals surface area contributed by atoms with Gasteiger partial charge in [-0.25, -0.2) is 4.99 Å². The highest BCUT2D eigenvalue weighted by Crippen LogP contribution is 2.16. The third-order valence-electron chi connectivity index (χ3n) is 2.19. The molecule has 102 valence electrons. The maximum Gasteiger partial charge on any atom is 0.189 e. The van der Waals surface area contributed by atoms with Crippen LogP contribution in [-0.2, 0) is 11.3 Å². The number of aliphatic imine (C=N–C) groups is 1. The number of rotatable bonds is 5. The van der Waals surface area contributed by atoms with Crippen molar-refractivity contribution < 1.29 is 4.74 Å². The Labute approximate surface area is 134 Å². The summed E-state index contributed by atoms with van der Waals surface area (Å²) in [6.07, 6.45) is 0. The lowest BCUT2D eigenvalue weighted by atomic mass is 10.2. The quantitative estimate of drug-likeness (QED) is 0.431. The van der Waals surface area contributed by atoms with Crippen molar-refractivity contribution >= 4 is 45.9 Å². The minimum absolute atomic E-state index is 0. The molecule has 1 rings (SSSR count). The van der Waals surface area contributed by atoms with Gasteiger partial charge in [-0.15, -0.1) is 24.0 Å². The van der Waals surface area contributed by atoms with Crippen LogP contribution in [0.1, 0.15) is 12.5 Å². The summed E-state index contributed by atoms with van der Waals surface area (Å²) < 4.78 is 6.05. The molecule has 0 aromatic heterocycles. The Balaban J connectivity index is 0.00000289.